The Morgan fingerprint density at radius 1 is 1.21 bits per heavy atom. The Bertz CT molecular complexity index is 1020. The van der Waals surface area contributed by atoms with Crippen molar-refractivity contribution in [3.8, 4) is 0 Å². The lowest BCUT2D eigenvalue weighted by Gasteiger charge is -2.23. The number of halogens is 1. The monoisotopic (exact) mass is 417 g/mol. The number of rotatable bonds is 8. The van der Waals surface area contributed by atoms with E-state index in [1.165, 1.54) is 52.6 Å². The molecule has 0 aliphatic rings. The zero-order valence-electron chi connectivity index (χ0n) is 16.2. The average molecular weight is 417 g/mol. The number of aromatic nitrogens is 1. The minimum Gasteiger partial charge on any atom is -0.334 e. The van der Waals surface area contributed by atoms with Crippen LogP contribution in [0, 0.1) is 15.9 Å². The van der Waals surface area contributed by atoms with Gasteiger partial charge in [-0.15, -0.1) is 0 Å². The van der Waals surface area contributed by atoms with Gasteiger partial charge in [0.2, 0.25) is 0 Å². The van der Waals surface area contributed by atoms with Gasteiger partial charge < -0.3 is 4.90 Å². The van der Waals surface area contributed by atoms with E-state index in [0.29, 0.717) is 27.5 Å². The highest BCUT2D eigenvalue weighted by Crippen LogP contribution is 2.30. The maximum atomic E-state index is 13.6. The Balaban J connectivity index is 1.94. The third-order valence-corrected chi connectivity index (χ3v) is 5.87. The number of carbonyl (C=O) groups is 1. The Morgan fingerprint density at radius 3 is 2.52 bits per heavy atom. The molecule has 1 aromatic heterocycles. The summed E-state index contributed by atoms with van der Waals surface area (Å²) in [5.74, 6) is -0.639. The van der Waals surface area contributed by atoms with E-state index in [1.54, 1.807) is 11.0 Å². The first-order chi connectivity index (χ1) is 13.9. The van der Waals surface area contributed by atoms with Gasteiger partial charge in [0.15, 0.2) is 5.13 Å². The predicted molar refractivity (Wildman–Crippen MR) is 111 cm³/mol. The number of nitrogens with zero attached hydrogens (tertiary/aromatic N) is 3. The van der Waals surface area contributed by atoms with E-state index in [1.807, 2.05) is 0 Å². The molecule has 1 heterocycles. The van der Waals surface area contributed by atoms with Gasteiger partial charge in [0, 0.05) is 17.7 Å². The number of non-ortho nitro benzene ring substituents is 1. The van der Waals surface area contributed by atoms with Gasteiger partial charge in [0.25, 0.3) is 11.6 Å². The lowest BCUT2D eigenvalue weighted by atomic mass is 10.2. The fraction of sp³-hybridized carbons (Fsp3) is 0.300. The lowest BCUT2D eigenvalue weighted by molar-refractivity contribution is -0.894. The second kappa shape index (κ2) is 9.06. The summed E-state index contributed by atoms with van der Waals surface area (Å²) < 4.78 is 14.2. The molecule has 0 aliphatic heterocycles. The molecule has 1 N–H and O–H groups in total. The smallest absolute Gasteiger partial charge is 0.269 e. The molecule has 0 unspecified atom stereocenters. The topological polar surface area (TPSA) is 80.8 Å². The molecule has 0 atom stereocenters. The molecule has 3 aromatic rings. The number of amides is 1. The number of anilines is 1. The quantitative estimate of drug-likeness (QED) is 0.451. The van der Waals surface area contributed by atoms with E-state index in [-0.39, 0.29) is 17.4 Å². The maximum Gasteiger partial charge on any atom is 0.269 e. The van der Waals surface area contributed by atoms with Crippen molar-refractivity contribution in [2.24, 2.45) is 0 Å². The van der Waals surface area contributed by atoms with Gasteiger partial charge in [0.1, 0.15) is 5.82 Å². The summed E-state index contributed by atoms with van der Waals surface area (Å²) in [7, 11) is 0. The summed E-state index contributed by atoms with van der Waals surface area (Å²) in [6, 6.07) is 9.86. The molecule has 7 nitrogen and oxygen atoms in total. The number of benzene rings is 2. The number of quaternary nitrogens is 1. The zero-order valence-corrected chi connectivity index (χ0v) is 17.0. The fourth-order valence-corrected chi connectivity index (χ4v) is 4.06. The van der Waals surface area contributed by atoms with Gasteiger partial charge in [-0.1, -0.05) is 11.3 Å². The van der Waals surface area contributed by atoms with E-state index in [0.717, 1.165) is 19.6 Å². The lowest BCUT2D eigenvalue weighted by Crippen LogP contribution is -3.12. The van der Waals surface area contributed by atoms with Crippen LogP contribution in [0.4, 0.5) is 15.2 Å². The summed E-state index contributed by atoms with van der Waals surface area (Å²) in [6.07, 6.45) is 0. The largest absolute Gasteiger partial charge is 0.334 e. The molecule has 0 aliphatic carbocycles. The molecule has 0 spiro atoms. The highest BCUT2D eigenvalue weighted by Gasteiger charge is 2.23. The molecule has 9 heteroatoms. The van der Waals surface area contributed by atoms with Crippen LogP contribution >= 0.6 is 11.3 Å². The van der Waals surface area contributed by atoms with Crippen molar-refractivity contribution in [2.45, 2.75) is 13.8 Å². The predicted octanol–water partition coefficient (Wildman–Crippen LogP) is 2.92. The fourth-order valence-electron chi connectivity index (χ4n) is 3.04. The van der Waals surface area contributed by atoms with E-state index in [2.05, 4.69) is 18.8 Å². The molecule has 29 heavy (non-hydrogen) atoms. The first kappa shape index (κ1) is 20.8. The normalized spacial score (nSPS) is 11.2. The number of likely N-dealkylation sites (N-methyl/N-ethyl adjacent to an activating group) is 1. The van der Waals surface area contributed by atoms with Gasteiger partial charge in [-0.2, -0.15) is 0 Å². The molecular formula is C20H22FN4O3S+. The first-order valence-electron chi connectivity index (χ1n) is 9.39. The SMILES string of the molecule is CC[NH+](CC)CCN(C(=O)c1ccc([N+](=O)[O-])cc1)c1nc2ccc(F)cc2s1. The van der Waals surface area contributed by atoms with Crippen molar-refractivity contribution in [1.29, 1.82) is 0 Å². The second-order valence-corrected chi connectivity index (χ2v) is 7.59. The number of hydrogen-bond acceptors (Lipinski definition) is 5. The van der Waals surface area contributed by atoms with Crippen LogP contribution in [0.5, 0.6) is 0 Å². The Hall–Kier alpha value is -2.91. The third kappa shape index (κ3) is 4.75. The van der Waals surface area contributed by atoms with Crippen LogP contribution in [0.1, 0.15) is 24.2 Å². The molecule has 0 fully saturated rings. The zero-order chi connectivity index (χ0) is 21.0. The van der Waals surface area contributed by atoms with E-state index in [9.17, 15) is 19.3 Å². The molecule has 152 valence electrons. The van der Waals surface area contributed by atoms with Crippen molar-refractivity contribution in [3.63, 3.8) is 0 Å². The summed E-state index contributed by atoms with van der Waals surface area (Å²) in [5.41, 5.74) is 0.898. The van der Waals surface area contributed by atoms with Gasteiger partial charge in [0.05, 0.1) is 41.3 Å². The molecule has 2 aromatic carbocycles. The Labute approximate surface area is 171 Å². The highest BCUT2D eigenvalue weighted by molar-refractivity contribution is 7.22. The van der Waals surface area contributed by atoms with Crippen LogP contribution in [0.3, 0.4) is 0 Å². The van der Waals surface area contributed by atoms with Crippen LogP contribution in [0.2, 0.25) is 0 Å². The summed E-state index contributed by atoms with van der Waals surface area (Å²) in [4.78, 5) is 31.0. The van der Waals surface area contributed by atoms with E-state index >= 15 is 0 Å². The number of nitro benzene ring substituents is 1. The standard InChI is InChI=1S/C20H21FN4O3S/c1-3-23(4-2)11-12-24(19(26)14-5-8-16(9-6-14)25(27)28)20-22-17-10-7-15(21)13-18(17)29-20/h5-10,13H,3-4,11-12H2,1-2H3/p+1. The highest BCUT2D eigenvalue weighted by atomic mass is 32.1. The number of thiazole rings is 1. The van der Waals surface area contributed by atoms with Crippen molar-refractivity contribution in [1.82, 2.24) is 4.98 Å². The van der Waals surface area contributed by atoms with Crippen LogP contribution in [0.25, 0.3) is 10.2 Å². The van der Waals surface area contributed by atoms with Crippen molar-refractivity contribution in [3.05, 3.63) is 64.0 Å². The minimum absolute atomic E-state index is 0.0730. The number of nitro groups is 1. The van der Waals surface area contributed by atoms with Crippen LogP contribution in [0.15, 0.2) is 42.5 Å². The summed E-state index contributed by atoms with van der Waals surface area (Å²) >= 11 is 1.25. The Kier molecular flexibility index (Phi) is 6.50. The van der Waals surface area contributed by atoms with Gasteiger partial charge in [-0.25, -0.2) is 9.37 Å². The first-order valence-corrected chi connectivity index (χ1v) is 10.2. The molecule has 0 radical (unpaired) electrons. The second-order valence-electron chi connectivity index (χ2n) is 6.58. The molecule has 0 bridgehead atoms. The van der Waals surface area contributed by atoms with Crippen LogP contribution in [-0.4, -0.2) is 42.0 Å². The van der Waals surface area contributed by atoms with Gasteiger partial charge >= 0.3 is 0 Å². The van der Waals surface area contributed by atoms with E-state index in [4.69, 9.17) is 0 Å². The third-order valence-electron chi connectivity index (χ3n) is 4.83. The van der Waals surface area contributed by atoms with Crippen molar-refractivity contribution >= 4 is 38.3 Å². The number of hydrogen-bond donors (Lipinski definition) is 1. The van der Waals surface area contributed by atoms with Crippen molar-refractivity contribution in [2.75, 3.05) is 31.1 Å². The molecule has 1 amide bonds. The number of carbonyl (C=O) groups excluding carboxylic acids is 1. The van der Waals surface area contributed by atoms with Gasteiger partial charge in [-0.3, -0.25) is 19.8 Å². The number of nitrogens with one attached hydrogen (secondary N) is 1. The van der Waals surface area contributed by atoms with E-state index < -0.39 is 4.92 Å². The Morgan fingerprint density at radius 2 is 1.90 bits per heavy atom. The van der Waals surface area contributed by atoms with Gasteiger partial charge in [-0.05, 0) is 44.2 Å². The van der Waals surface area contributed by atoms with Crippen LogP contribution in [-0.2, 0) is 0 Å². The molecular weight excluding hydrogens is 395 g/mol. The number of fused-ring (bicyclic) bond motifs is 1. The van der Waals surface area contributed by atoms with Crippen LogP contribution < -0.4 is 9.80 Å². The molecule has 3 rings (SSSR count). The average Bonchev–Trinajstić information content (AvgIpc) is 3.13. The minimum atomic E-state index is -0.502. The summed E-state index contributed by atoms with van der Waals surface area (Å²) in [6.45, 7) is 7.21. The maximum absolute atomic E-state index is 13.6. The van der Waals surface area contributed by atoms with Crippen molar-refractivity contribution < 1.29 is 19.0 Å². The molecule has 0 saturated carbocycles. The molecule has 0 saturated heterocycles. The summed E-state index contributed by atoms with van der Waals surface area (Å²) in [5, 5.41) is 11.4.